The average molecular weight is 298 g/mol. The third kappa shape index (κ3) is 5.11. The first-order valence-corrected chi connectivity index (χ1v) is 6.68. The summed E-state index contributed by atoms with van der Waals surface area (Å²) in [5, 5.41) is 11.6. The molecule has 1 aromatic heterocycles. The van der Waals surface area contributed by atoms with Crippen molar-refractivity contribution in [1.29, 1.82) is 0 Å². The van der Waals surface area contributed by atoms with Crippen LogP contribution in [0, 0.1) is 13.8 Å². The predicted molar refractivity (Wildman–Crippen MR) is 76.2 cm³/mol. The summed E-state index contributed by atoms with van der Waals surface area (Å²) in [6, 6.07) is 1.14. The molecule has 0 saturated heterocycles. The number of carbonyl (C=O) groups excluding carboxylic acids is 1. The van der Waals surface area contributed by atoms with E-state index in [1.807, 2.05) is 26.8 Å². The Labute approximate surface area is 123 Å². The second kappa shape index (κ2) is 7.68. The maximum Gasteiger partial charge on any atom is 0.323 e. The van der Waals surface area contributed by atoms with E-state index in [9.17, 15) is 9.59 Å². The zero-order valence-corrected chi connectivity index (χ0v) is 12.8. The summed E-state index contributed by atoms with van der Waals surface area (Å²) in [4.78, 5) is 24.2. The molecule has 7 heteroatoms. The predicted octanol–water partition coefficient (Wildman–Crippen LogP) is 1.70. The van der Waals surface area contributed by atoms with Gasteiger partial charge < -0.3 is 24.5 Å². The lowest BCUT2D eigenvalue weighted by molar-refractivity contribution is -0.137. The normalized spacial score (nSPS) is 12.0. The van der Waals surface area contributed by atoms with Crippen LogP contribution in [-0.4, -0.2) is 48.8 Å². The van der Waals surface area contributed by atoms with Crippen molar-refractivity contribution >= 4 is 12.0 Å². The summed E-state index contributed by atoms with van der Waals surface area (Å²) < 4.78 is 10.3. The Balaban J connectivity index is 2.71. The Kier molecular flexibility index (Phi) is 6.23. The van der Waals surface area contributed by atoms with Gasteiger partial charge in [0, 0.05) is 19.2 Å². The van der Waals surface area contributed by atoms with Gasteiger partial charge in [-0.05, 0) is 26.8 Å². The number of nitrogens with zero attached hydrogens (tertiary/aromatic N) is 1. The Morgan fingerprint density at radius 1 is 1.48 bits per heavy atom. The number of hydrogen-bond donors (Lipinski definition) is 2. The lowest BCUT2D eigenvalue weighted by Gasteiger charge is -2.23. The molecule has 1 heterocycles. The molecule has 1 unspecified atom stereocenters. The summed E-state index contributed by atoms with van der Waals surface area (Å²) in [5.41, 5.74) is 0.878. The molecule has 0 fully saturated rings. The highest BCUT2D eigenvalue weighted by molar-refractivity contribution is 5.80. The van der Waals surface area contributed by atoms with E-state index in [-0.39, 0.29) is 25.7 Å². The van der Waals surface area contributed by atoms with Gasteiger partial charge in [0.05, 0.1) is 12.6 Å². The first-order valence-electron chi connectivity index (χ1n) is 6.68. The van der Waals surface area contributed by atoms with Crippen LogP contribution in [-0.2, 0) is 9.53 Å². The van der Waals surface area contributed by atoms with Crippen LogP contribution in [0.2, 0.25) is 0 Å². The van der Waals surface area contributed by atoms with E-state index < -0.39 is 12.0 Å². The van der Waals surface area contributed by atoms with Gasteiger partial charge in [-0.1, -0.05) is 0 Å². The van der Waals surface area contributed by atoms with Crippen molar-refractivity contribution in [3.8, 4) is 0 Å². The van der Waals surface area contributed by atoms with Crippen molar-refractivity contribution in [2.75, 3.05) is 26.8 Å². The SMILES string of the molecule is COCCN(CC(=O)O)C(=O)NC(C)c1cc(C)oc1C. The molecular formula is C14H22N2O5. The quantitative estimate of drug-likeness (QED) is 0.799. The molecule has 0 radical (unpaired) electrons. The van der Waals surface area contributed by atoms with Crippen molar-refractivity contribution in [1.82, 2.24) is 10.2 Å². The minimum absolute atomic E-state index is 0.213. The minimum Gasteiger partial charge on any atom is -0.480 e. The van der Waals surface area contributed by atoms with Crippen molar-refractivity contribution in [2.24, 2.45) is 0 Å². The standard InChI is InChI=1S/C14H22N2O5/c1-9-7-12(11(3)21-9)10(2)15-14(19)16(5-6-20-4)8-13(17)18/h7,10H,5-6,8H2,1-4H3,(H,15,19)(H,17,18). The number of ether oxygens (including phenoxy) is 1. The maximum atomic E-state index is 12.2. The molecule has 0 bridgehead atoms. The zero-order chi connectivity index (χ0) is 16.0. The fraction of sp³-hybridized carbons (Fsp3) is 0.571. The monoisotopic (exact) mass is 298 g/mol. The lowest BCUT2D eigenvalue weighted by Crippen LogP contribution is -2.45. The van der Waals surface area contributed by atoms with Crippen LogP contribution in [0.5, 0.6) is 0 Å². The van der Waals surface area contributed by atoms with E-state index in [4.69, 9.17) is 14.3 Å². The first kappa shape index (κ1) is 17.0. The van der Waals surface area contributed by atoms with Crippen LogP contribution in [0.3, 0.4) is 0 Å². The third-order valence-corrected chi connectivity index (χ3v) is 3.06. The van der Waals surface area contributed by atoms with Crippen molar-refractivity contribution in [3.05, 3.63) is 23.2 Å². The largest absolute Gasteiger partial charge is 0.480 e. The van der Waals surface area contributed by atoms with E-state index >= 15 is 0 Å². The van der Waals surface area contributed by atoms with Crippen LogP contribution in [0.1, 0.15) is 30.0 Å². The number of amides is 2. The lowest BCUT2D eigenvalue weighted by atomic mass is 10.1. The van der Waals surface area contributed by atoms with E-state index in [2.05, 4.69) is 5.32 Å². The van der Waals surface area contributed by atoms with Gasteiger partial charge in [0.25, 0.3) is 0 Å². The summed E-state index contributed by atoms with van der Waals surface area (Å²) in [5.74, 6) is 0.441. The Bertz CT molecular complexity index is 498. The molecule has 21 heavy (non-hydrogen) atoms. The molecule has 0 aliphatic carbocycles. The van der Waals surface area contributed by atoms with Crippen LogP contribution in [0.15, 0.2) is 10.5 Å². The number of carboxylic acid groups (broad SMARTS) is 1. The highest BCUT2D eigenvalue weighted by atomic mass is 16.5. The highest BCUT2D eigenvalue weighted by Gasteiger charge is 2.20. The number of methoxy groups -OCH3 is 1. The van der Waals surface area contributed by atoms with E-state index in [0.29, 0.717) is 0 Å². The fourth-order valence-electron chi connectivity index (χ4n) is 2.05. The van der Waals surface area contributed by atoms with Gasteiger partial charge in [-0.25, -0.2) is 4.79 Å². The Hall–Kier alpha value is -2.02. The highest BCUT2D eigenvalue weighted by Crippen LogP contribution is 2.21. The van der Waals surface area contributed by atoms with Crippen LogP contribution < -0.4 is 5.32 Å². The molecular weight excluding hydrogens is 276 g/mol. The second-order valence-electron chi connectivity index (χ2n) is 4.85. The number of carbonyl (C=O) groups is 2. The number of furan rings is 1. The second-order valence-corrected chi connectivity index (χ2v) is 4.85. The maximum absolute atomic E-state index is 12.2. The average Bonchev–Trinajstić information content (AvgIpc) is 2.73. The number of hydrogen-bond acceptors (Lipinski definition) is 4. The van der Waals surface area contributed by atoms with E-state index in [1.165, 1.54) is 12.0 Å². The molecule has 0 aliphatic rings. The van der Waals surface area contributed by atoms with Gasteiger partial charge in [0.2, 0.25) is 0 Å². The summed E-state index contributed by atoms with van der Waals surface area (Å²) in [6.07, 6.45) is 0. The summed E-state index contributed by atoms with van der Waals surface area (Å²) in [7, 11) is 1.50. The van der Waals surface area contributed by atoms with Crippen LogP contribution in [0.4, 0.5) is 4.79 Å². The van der Waals surface area contributed by atoms with Gasteiger partial charge in [0.1, 0.15) is 18.1 Å². The van der Waals surface area contributed by atoms with E-state index in [0.717, 1.165) is 17.1 Å². The first-order chi connectivity index (χ1) is 9.85. The summed E-state index contributed by atoms with van der Waals surface area (Å²) >= 11 is 0. The molecule has 118 valence electrons. The third-order valence-electron chi connectivity index (χ3n) is 3.06. The molecule has 0 aromatic carbocycles. The summed E-state index contributed by atoms with van der Waals surface area (Å²) in [6.45, 7) is 5.60. The molecule has 2 N–H and O–H groups in total. The van der Waals surface area contributed by atoms with Gasteiger partial charge in [-0.15, -0.1) is 0 Å². The fourth-order valence-corrected chi connectivity index (χ4v) is 2.05. The molecule has 1 atom stereocenters. The number of aryl methyl sites for hydroxylation is 2. The zero-order valence-electron chi connectivity index (χ0n) is 12.8. The molecule has 2 amide bonds. The number of aliphatic carboxylic acids is 1. The van der Waals surface area contributed by atoms with Gasteiger partial charge in [-0.2, -0.15) is 0 Å². The number of nitrogens with one attached hydrogen (secondary N) is 1. The van der Waals surface area contributed by atoms with Crippen molar-refractivity contribution < 1.29 is 23.8 Å². The molecule has 0 aliphatic heterocycles. The molecule has 0 saturated carbocycles. The van der Waals surface area contributed by atoms with Gasteiger partial charge >= 0.3 is 12.0 Å². The number of rotatable bonds is 7. The van der Waals surface area contributed by atoms with Crippen molar-refractivity contribution in [2.45, 2.75) is 26.8 Å². The smallest absolute Gasteiger partial charge is 0.323 e. The molecule has 7 nitrogen and oxygen atoms in total. The minimum atomic E-state index is -1.07. The molecule has 1 rings (SSSR count). The molecule has 1 aromatic rings. The number of urea groups is 1. The van der Waals surface area contributed by atoms with Crippen LogP contribution in [0.25, 0.3) is 0 Å². The topological polar surface area (TPSA) is 92.0 Å². The Morgan fingerprint density at radius 3 is 2.62 bits per heavy atom. The van der Waals surface area contributed by atoms with E-state index in [1.54, 1.807) is 0 Å². The number of carboxylic acids is 1. The van der Waals surface area contributed by atoms with Crippen molar-refractivity contribution in [3.63, 3.8) is 0 Å². The molecule has 0 spiro atoms. The van der Waals surface area contributed by atoms with Gasteiger partial charge in [0.15, 0.2) is 0 Å². The van der Waals surface area contributed by atoms with Gasteiger partial charge in [-0.3, -0.25) is 4.79 Å². The Morgan fingerprint density at radius 2 is 2.14 bits per heavy atom. The van der Waals surface area contributed by atoms with Crippen LogP contribution >= 0.6 is 0 Å².